The first-order valence-electron chi connectivity index (χ1n) is 36.0. The van der Waals surface area contributed by atoms with Crippen LogP contribution in [0.2, 0.25) is 0 Å². The quantitative estimate of drug-likeness (QED) is 0.0900. The molecule has 3 aromatic carbocycles. The molecule has 0 spiro atoms. The van der Waals surface area contributed by atoms with Gasteiger partial charge in [0.25, 0.3) is 0 Å². The van der Waals surface area contributed by atoms with Gasteiger partial charge >= 0.3 is 0 Å². The number of piperazine rings is 1. The van der Waals surface area contributed by atoms with Crippen LogP contribution in [0.15, 0.2) is 165 Å². The second kappa shape index (κ2) is 31.1. The second-order valence-electron chi connectivity index (χ2n) is 28.3. The molecule has 9 aromatic heterocycles. The Balaban J connectivity index is 0.000000134. The molecular weight excluding hydrogens is 1240 g/mol. The Bertz CT molecular complexity index is 4810. The number of hydrogen-bond acceptors (Lipinski definition) is 13. The second-order valence-corrected chi connectivity index (χ2v) is 28.3. The van der Waals surface area contributed by atoms with Crippen molar-refractivity contribution in [3.8, 4) is 33.8 Å². The molecule has 15 rings (SSSR count). The van der Waals surface area contributed by atoms with Gasteiger partial charge in [-0.2, -0.15) is 0 Å². The minimum absolute atomic E-state index is 0.166. The smallest absolute Gasteiger partial charge is 0.219 e. The standard InChI is InChI=1S/C29H35N5.C28H31N5O.C26H30N6/c1-20(2)33-13-10-24(11-14-33)27-19-32-29-26(30-12-15-34(27)29)9-8-23-17-22(4)28(31-18-23)25-7-5-6-21(3)16-25;1-19-5-4-6-24(15-19)27-20(2)16-22(17-30-27)7-8-25-28-31-18-26(33(28)14-11-29-25)23-9-12-32(13-10-23)21(3)34;1-19-5-4-6-22(15-19)25-20(2)16-21(17-28-25)7-8-23-26-29-18-24(32(26)10-9-27-23)31-13-11-30(3)12-14-31/h5-7,12,15-20,24H,8-11,13-14H2,1-4H3;4-6,11,14-18,23H,7-10,12-13H2,1-3H3;4-6,9-10,15-18H,7-8,11-14H2,1-3H3. The predicted octanol–water partition coefficient (Wildman–Crippen LogP) is 14.6. The maximum atomic E-state index is 11.7. The lowest BCUT2D eigenvalue weighted by atomic mass is 9.93. The molecule has 0 bridgehead atoms. The number of fused-ring (bicyclic) bond motifs is 3. The summed E-state index contributed by atoms with van der Waals surface area (Å²) in [4.78, 5) is 63.6. The Morgan fingerprint density at radius 2 is 0.810 bits per heavy atom. The highest BCUT2D eigenvalue weighted by Crippen LogP contribution is 2.33. The fourth-order valence-electron chi connectivity index (χ4n) is 14.9. The van der Waals surface area contributed by atoms with Crippen LogP contribution in [0.5, 0.6) is 0 Å². The molecule has 514 valence electrons. The Hall–Kier alpha value is -9.84. The highest BCUT2D eigenvalue weighted by Gasteiger charge is 2.27. The molecule has 1 amide bonds. The molecule has 0 unspecified atom stereocenters. The number of rotatable bonds is 16. The van der Waals surface area contributed by atoms with Crippen LogP contribution in [0, 0.1) is 41.5 Å². The van der Waals surface area contributed by atoms with Crippen molar-refractivity contribution < 1.29 is 4.79 Å². The van der Waals surface area contributed by atoms with Crippen LogP contribution in [-0.4, -0.2) is 144 Å². The summed E-state index contributed by atoms with van der Waals surface area (Å²) in [6.07, 6.45) is 33.4. The monoisotopic (exact) mass is 1330 g/mol. The van der Waals surface area contributed by atoms with E-state index < -0.39 is 0 Å². The zero-order chi connectivity index (χ0) is 69.4. The molecule has 12 heterocycles. The number of pyridine rings is 3. The van der Waals surface area contributed by atoms with Crippen molar-refractivity contribution >= 4 is 28.7 Å². The molecule has 3 aliphatic rings. The number of likely N-dealkylation sites (N-methyl/N-ethyl adjacent to an activating group) is 1. The summed E-state index contributed by atoms with van der Waals surface area (Å²) in [6.45, 7) is 27.2. The number of nitrogens with zero attached hydrogens (tertiary/aromatic N) is 16. The predicted molar refractivity (Wildman–Crippen MR) is 401 cm³/mol. The van der Waals surface area contributed by atoms with Crippen LogP contribution in [-0.2, 0) is 43.3 Å². The fraction of sp³-hybridized carbons (Fsp3) is 0.373. The average molecular weight is 1330 g/mol. The van der Waals surface area contributed by atoms with Crippen LogP contribution >= 0.6 is 0 Å². The fourth-order valence-corrected chi connectivity index (χ4v) is 14.9. The molecule has 3 saturated heterocycles. The van der Waals surface area contributed by atoms with E-state index in [0.717, 1.165) is 153 Å². The average Bonchev–Trinajstić information content (AvgIpc) is 1.63. The Labute approximate surface area is 589 Å². The summed E-state index contributed by atoms with van der Waals surface area (Å²) in [6, 6.07) is 33.0. The lowest BCUT2D eigenvalue weighted by Crippen LogP contribution is -2.44. The maximum Gasteiger partial charge on any atom is 0.219 e. The van der Waals surface area contributed by atoms with E-state index in [2.05, 4.69) is 204 Å². The van der Waals surface area contributed by atoms with Crippen LogP contribution in [0.3, 0.4) is 0 Å². The van der Waals surface area contributed by atoms with Crippen LogP contribution in [0.4, 0.5) is 5.82 Å². The van der Waals surface area contributed by atoms with Crippen LogP contribution < -0.4 is 4.90 Å². The normalized spacial score (nSPS) is 15.0. The summed E-state index contributed by atoms with van der Waals surface area (Å²) in [5.74, 6) is 2.32. The van der Waals surface area contributed by atoms with E-state index in [9.17, 15) is 4.79 Å². The number of aryl methyl sites for hydroxylation is 12. The molecule has 17 heteroatoms. The van der Waals surface area contributed by atoms with Gasteiger partial charge in [0.1, 0.15) is 5.82 Å². The van der Waals surface area contributed by atoms with Crippen LogP contribution in [0.25, 0.3) is 50.7 Å². The number of hydrogen-bond donors (Lipinski definition) is 0. The number of amides is 1. The van der Waals surface area contributed by atoms with E-state index in [4.69, 9.17) is 34.9 Å². The van der Waals surface area contributed by atoms with Gasteiger partial charge in [-0.15, -0.1) is 0 Å². The molecule has 12 aromatic rings. The van der Waals surface area contributed by atoms with E-state index in [-0.39, 0.29) is 5.91 Å². The summed E-state index contributed by atoms with van der Waals surface area (Å²) in [7, 11) is 2.18. The van der Waals surface area contributed by atoms with Gasteiger partial charge in [-0.05, 0) is 191 Å². The molecule has 0 radical (unpaired) electrons. The van der Waals surface area contributed by atoms with Gasteiger partial charge in [-0.1, -0.05) is 89.5 Å². The molecule has 3 aliphatic heterocycles. The van der Waals surface area contributed by atoms with Gasteiger partial charge in [-0.25, -0.2) is 15.0 Å². The Morgan fingerprint density at radius 1 is 0.430 bits per heavy atom. The van der Waals surface area contributed by atoms with Crippen molar-refractivity contribution in [1.82, 2.24) is 72.8 Å². The number of aromatic nitrogens is 12. The molecule has 0 N–H and O–H groups in total. The summed E-state index contributed by atoms with van der Waals surface area (Å²) < 4.78 is 6.67. The van der Waals surface area contributed by atoms with E-state index in [1.807, 2.05) is 66.9 Å². The highest BCUT2D eigenvalue weighted by atomic mass is 16.2. The number of carbonyl (C=O) groups excluding carboxylic acids is 1. The molecule has 3 fully saturated rings. The minimum Gasteiger partial charge on any atom is -0.354 e. The van der Waals surface area contributed by atoms with Gasteiger partial charge in [0.05, 0.1) is 40.4 Å². The lowest BCUT2D eigenvalue weighted by molar-refractivity contribution is -0.129. The minimum atomic E-state index is 0.166. The van der Waals surface area contributed by atoms with E-state index in [0.29, 0.717) is 17.9 Å². The Kier molecular flexibility index (Phi) is 21.4. The van der Waals surface area contributed by atoms with Gasteiger partial charge < -0.3 is 28.4 Å². The first-order chi connectivity index (χ1) is 48.6. The van der Waals surface area contributed by atoms with E-state index in [1.54, 1.807) is 6.92 Å². The summed E-state index contributed by atoms with van der Waals surface area (Å²) >= 11 is 0. The SMILES string of the molecule is CC(=O)N1CCC(c2cnc3c(CCc4cnc(-c5cccc(C)c5)c(C)c4)nccn23)CC1.Cc1cccc(-c2ncc(CCc3nccn4c(C5CCN(C(C)C)CC5)cnc34)cc2C)c1.Cc1cccc(-c2ncc(CCc3nccn4c(N5CCN(C)CC5)cnc34)cc2C)c1. The van der Waals surface area contributed by atoms with Crippen molar-refractivity contribution in [1.29, 1.82) is 0 Å². The largest absolute Gasteiger partial charge is 0.354 e. The molecule has 0 saturated carbocycles. The van der Waals surface area contributed by atoms with Crippen molar-refractivity contribution in [3.05, 3.63) is 244 Å². The number of anilines is 1. The zero-order valence-electron chi connectivity index (χ0n) is 60.1. The third kappa shape index (κ3) is 15.9. The van der Waals surface area contributed by atoms with E-state index in [1.165, 1.54) is 98.5 Å². The number of carbonyl (C=O) groups is 1. The van der Waals surface area contributed by atoms with Crippen molar-refractivity contribution in [2.75, 3.05) is 64.3 Å². The summed E-state index contributed by atoms with van der Waals surface area (Å²) in [5, 5.41) is 0. The first-order valence-corrected chi connectivity index (χ1v) is 36.0. The van der Waals surface area contributed by atoms with E-state index >= 15 is 0 Å². The summed E-state index contributed by atoms with van der Waals surface area (Å²) in [5.41, 5.74) is 26.3. The third-order valence-corrected chi connectivity index (χ3v) is 20.6. The van der Waals surface area contributed by atoms with Crippen molar-refractivity contribution in [3.63, 3.8) is 0 Å². The Morgan fingerprint density at radius 3 is 1.19 bits per heavy atom. The molecule has 100 heavy (non-hydrogen) atoms. The highest BCUT2D eigenvalue weighted by molar-refractivity contribution is 5.73. The van der Waals surface area contributed by atoms with Gasteiger partial charge in [-0.3, -0.25) is 39.1 Å². The molecular formula is C83H96N16O. The molecule has 0 atom stereocenters. The number of piperidine rings is 2. The van der Waals surface area contributed by atoms with Crippen molar-refractivity contribution in [2.24, 2.45) is 0 Å². The zero-order valence-corrected chi connectivity index (χ0v) is 60.1. The van der Waals surface area contributed by atoms with Gasteiger partial charge in [0.2, 0.25) is 5.91 Å². The van der Waals surface area contributed by atoms with Gasteiger partial charge in [0, 0.05) is 160 Å². The topological polar surface area (TPSA) is 159 Å². The maximum absolute atomic E-state index is 11.7. The lowest BCUT2D eigenvalue weighted by Gasteiger charge is -2.34. The van der Waals surface area contributed by atoms with Crippen molar-refractivity contribution in [2.45, 2.75) is 144 Å². The van der Waals surface area contributed by atoms with Gasteiger partial charge in [0.15, 0.2) is 16.9 Å². The van der Waals surface area contributed by atoms with Crippen LogP contribution in [0.1, 0.15) is 137 Å². The molecule has 17 nitrogen and oxygen atoms in total. The number of likely N-dealkylation sites (tertiary alicyclic amines) is 2. The first kappa shape index (κ1) is 68.7. The number of benzene rings is 3. The number of imidazole rings is 3. The molecule has 0 aliphatic carbocycles. The third-order valence-electron chi connectivity index (χ3n) is 20.6.